The van der Waals surface area contributed by atoms with Crippen LogP contribution in [-0.2, 0) is 4.79 Å². The Labute approximate surface area is 140 Å². The van der Waals surface area contributed by atoms with Gasteiger partial charge >= 0.3 is 0 Å². The molecular formula is C17H18N2OS2. The van der Waals surface area contributed by atoms with Crippen molar-refractivity contribution in [3.05, 3.63) is 53.0 Å². The van der Waals surface area contributed by atoms with Gasteiger partial charge in [0.1, 0.15) is 4.32 Å². The predicted molar refractivity (Wildman–Crippen MR) is 96.3 cm³/mol. The summed E-state index contributed by atoms with van der Waals surface area (Å²) >= 11 is 6.74. The molecule has 0 atom stereocenters. The molecule has 0 aliphatic carbocycles. The van der Waals surface area contributed by atoms with Crippen LogP contribution in [0.25, 0.3) is 6.08 Å². The summed E-state index contributed by atoms with van der Waals surface area (Å²) in [4.78, 5) is 17.1. The fourth-order valence-corrected chi connectivity index (χ4v) is 3.76. The smallest absolute Gasteiger partial charge is 0.267 e. The van der Waals surface area contributed by atoms with Crippen LogP contribution in [0, 0.1) is 0 Å². The zero-order valence-electron chi connectivity index (χ0n) is 12.3. The third-order valence-electron chi connectivity index (χ3n) is 3.75. The van der Waals surface area contributed by atoms with Crippen LogP contribution in [0.5, 0.6) is 0 Å². The standard InChI is InChI=1S/C17H18N2OS2/c20-16-15(10-6-9-14-7-2-1-3-8-14)22-17(21)19(16)13-18-11-4-5-12-18/h1-3,6-10H,4-5,11-13H2/b9-6+,15-10+. The summed E-state index contributed by atoms with van der Waals surface area (Å²) in [5.74, 6) is 0.0274. The van der Waals surface area contributed by atoms with Gasteiger partial charge in [0.2, 0.25) is 0 Å². The van der Waals surface area contributed by atoms with Crippen LogP contribution < -0.4 is 0 Å². The van der Waals surface area contributed by atoms with E-state index in [1.807, 2.05) is 48.6 Å². The van der Waals surface area contributed by atoms with Crippen molar-refractivity contribution in [3.63, 3.8) is 0 Å². The van der Waals surface area contributed by atoms with Crippen molar-refractivity contribution < 1.29 is 4.79 Å². The first-order valence-electron chi connectivity index (χ1n) is 7.43. The second kappa shape index (κ2) is 7.22. The van der Waals surface area contributed by atoms with Crippen molar-refractivity contribution >= 4 is 40.3 Å². The molecule has 1 aromatic rings. The topological polar surface area (TPSA) is 23.6 Å². The number of hydrogen-bond acceptors (Lipinski definition) is 4. The Morgan fingerprint density at radius 3 is 2.64 bits per heavy atom. The number of thioether (sulfide) groups is 1. The van der Waals surface area contributed by atoms with Gasteiger partial charge in [-0.3, -0.25) is 14.6 Å². The van der Waals surface area contributed by atoms with Crippen LogP contribution in [0.3, 0.4) is 0 Å². The summed E-state index contributed by atoms with van der Waals surface area (Å²) in [5, 5.41) is 0. The molecule has 1 aromatic carbocycles. The van der Waals surface area contributed by atoms with Crippen molar-refractivity contribution in [1.82, 2.24) is 9.80 Å². The molecule has 0 aromatic heterocycles. The molecule has 2 aliphatic heterocycles. The molecule has 3 rings (SSSR count). The van der Waals surface area contributed by atoms with Gasteiger partial charge in [0.15, 0.2) is 0 Å². The van der Waals surface area contributed by atoms with Crippen LogP contribution in [0.15, 0.2) is 47.4 Å². The molecule has 0 bridgehead atoms. The molecule has 1 amide bonds. The Morgan fingerprint density at radius 2 is 1.91 bits per heavy atom. The first kappa shape index (κ1) is 15.5. The lowest BCUT2D eigenvalue weighted by Crippen LogP contribution is -2.38. The second-order valence-electron chi connectivity index (χ2n) is 5.37. The third-order valence-corrected chi connectivity index (χ3v) is 5.15. The molecular weight excluding hydrogens is 312 g/mol. The Morgan fingerprint density at radius 1 is 1.18 bits per heavy atom. The van der Waals surface area contributed by atoms with E-state index in [4.69, 9.17) is 12.2 Å². The molecule has 0 spiro atoms. The lowest BCUT2D eigenvalue weighted by molar-refractivity contribution is -0.123. The summed E-state index contributed by atoms with van der Waals surface area (Å²) < 4.78 is 0.663. The van der Waals surface area contributed by atoms with E-state index in [9.17, 15) is 4.79 Å². The molecule has 2 aliphatic rings. The molecule has 0 N–H and O–H groups in total. The highest BCUT2D eigenvalue weighted by Gasteiger charge is 2.33. The average molecular weight is 330 g/mol. The summed E-state index contributed by atoms with van der Waals surface area (Å²) in [6, 6.07) is 10.0. The average Bonchev–Trinajstić information content (AvgIpc) is 3.13. The molecule has 2 heterocycles. The van der Waals surface area contributed by atoms with Crippen molar-refractivity contribution in [2.45, 2.75) is 12.8 Å². The Kier molecular flexibility index (Phi) is 5.08. The van der Waals surface area contributed by atoms with Gasteiger partial charge in [0, 0.05) is 0 Å². The second-order valence-corrected chi connectivity index (χ2v) is 7.04. The van der Waals surface area contributed by atoms with Gasteiger partial charge in [-0.1, -0.05) is 66.5 Å². The summed E-state index contributed by atoms with van der Waals surface area (Å²) in [6.07, 6.45) is 8.19. The first-order chi connectivity index (χ1) is 10.7. The quantitative estimate of drug-likeness (QED) is 0.623. The monoisotopic (exact) mass is 330 g/mol. The number of hydrogen-bond donors (Lipinski definition) is 0. The van der Waals surface area contributed by atoms with Gasteiger partial charge in [0.05, 0.1) is 11.6 Å². The molecule has 2 fully saturated rings. The zero-order valence-corrected chi connectivity index (χ0v) is 13.9. The van der Waals surface area contributed by atoms with Crippen molar-refractivity contribution in [1.29, 1.82) is 0 Å². The van der Waals surface area contributed by atoms with Crippen LogP contribution in [0.4, 0.5) is 0 Å². The number of carbonyl (C=O) groups excluding carboxylic acids is 1. The molecule has 0 saturated carbocycles. The van der Waals surface area contributed by atoms with Crippen LogP contribution in [-0.4, -0.2) is 39.8 Å². The minimum atomic E-state index is 0.0274. The third kappa shape index (κ3) is 3.66. The Balaban J connectivity index is 1.65. The van der Waals surface area contributed by atoms with Gasteiger partial charge < -0.3 is 0 Å². The number of carbonyl (C=O) groups is 1. The van der Waals surface area contributed by atoms with E-state index >= 15 is 0 Å². The van der Waals surface area contributed by atoms with Crippen molar-refractivity contribution in [2.24, 2.45) is 0 Å². The van der Waals surface area contributed by atoms with Gasteiger partial charge in [-0.05, 0) is 37.6 Å². The van der Waals surface area contributed by atoms with Gasteiger partial charge in [-0.15, -0.1) is 0 Å². The maximum Gasteiger partial charge on any atom is 0.267 e. The van der Waals surface area contributed by atoms with E-state index < -0.39 is 0 Å². The summed E-state index contributed by atoms with van der Waals surface area (Å²) in [5.41, 5.74) is 1.12. The Bertz CT molecular complexity index is 619. The van der Waals surface area contributed by atoms with E-state index in [0.29, 0.717) is 15.9 Å². The molecule has 114 valence electrons. The highest BCUT2D eigenvalue weighted by atomic mass is 32.2. The highest BCUT2D eigenvalue weighted by Crippen LogP contribution is 2.31. The zero-order chi connectivity index (χ0) is 15.4. The highest BCUT2D eigenvalue weighted by molar-refractivity contribution is 8.26. The number of likely N-dealkylation sites (tertiary alicyclic amines) is 1. The number of allylic oxidation sites excluding steroid dienone is 2. The molecule has 3 nitrogen and oxygen atoms in total. The van der Waals surface area contributed by atoms with E-state index in [-0.39, 0.29) is 5.91 Å². The lowest BCUT2D eigenvalue weighted by Gasteiger charge is -2.22. The molecule has 2 saturated heterocycles. The number of rotatable bonds is 4. The number of thiocarbonyl (C=S) groups is 1. The number of benzene rings is 1. The van der Waals surface area contributed by atoms with Crippen LogP contribution >= 0.6 is 24.0 Å². The summed E-state index contributed by atoms with van der Waals surface area (Å²) in [6.45, 7) is 2.75. The fourth-order valence-electron chi connectivity index (χ4n) is 2.57. The normalized spacial score (nSPS) is 21.6. The molecule has 0 radical (unpaired) electrons. The minimum Gasteiger partial charge on any atom is -0.286 e. The van der Waals surface area contributed by atoms with Crippen molar-refractivity contribution in [2.75, 3.05) is 19.8 Å². The predicted octanol–water partition coefficient (Wildman–Crippen LogP) is 3.50. The van der Waals surface area contributed by atoms with Gasteiger partial charge in [-0.2, -0.15) is 0 Å². The maximum atomic E-state index is 12.4. The van der Waals surface area contributed by atoms with Crippen LogP contribution in [0.1, 0.15) is 18.4 Å². The van der Waals surface area contributed by atoms with Crippen LogP contribution in [0.2, 0.25) is 0 Å². The first-order valence-corrected chi connectivity index (χ1v) is 8.66. The van der Waals surface area contributed by atoms with Gasteiger partial charge in [-0.25, -0.2) is 0 Å². The van der Waals surface area contributed by atoms with Gasteiger partial charge in [0.25, 0.3) is 5.91 Å². The molecule has 22 heavy (non-hydrogen) atoms. The summed E-state index contributed by atoms with van der Waals surface area (Å²) in [7, 11) is 0. The number of amides is 1. The van der Waals surface area contributed by atoms with E-state index in [0.717, 1.165) is 18.7 Å². The molecule has 0 unspecified atom stereocenters. The largest absolute Gasteiger partial charge is 0.286 e. The lowest BCUT2D eigenvalue weighted by atomic mass is 10.2. The van der Waals surface area contributed by atoms with E-state index in [2.05, 4.69) is 4.90 Å². The minimum absolute atomic E-state index is 0.0274. The Hall–Kier alpha value is -1.43. The fraction of sp³-hybridized carbons (Fsp3) is 0.294. The SMILES string of the molecule is O=C1/C(=C\C=C\c2ccccc2)SC(=S)N1CN1CCCC1. The van der Waals surface area contributed by atoms with Crippen molar-refractivity contribution in [3.8, 4) is 0 Å². The van der Waals surface area contributed by atoms with E-state index in [1.165, 1.54) is 24.6 Å². The maximum absolute atomic E-state index is 12.4. The van der Waals surface area contributed by atoms with E-state index in [1.54, 1.807) is 4.90 Å². The molecule has 5 heteroatoms. The number of nitrogens with zero attached hydrogens (tertiary/aromatic N) is 2.